The van der Waals surface area contributed by atoms with E-state index in [0.29, 0.717) is 19.8 Å². The van der Waals surface area contributed by atoms with Gasteiger partial charge in [0.15, 0.2) is 0 Å². The molecule has 0 spiro atoms. The molecule has 1 atom stereocenters. The third-order valence-electron chi connectivity index (χ3n) is 6.69. The minimum atomic E-state index is 0.137. The van der Waals surface area contributed by atoms with E-state index in [0.717, 1.165) is 49.1 Å². The molecule has 0 bridgehead atoms. The van der Waals surface area contributed by atoms with Gasteiger partial charge in [-0.3, -0.25) is 14.7 Å². The van der Waals surface area contributed by atoms with Crippen molar-refractivity contribution in [3.05, 3.63) is 77.6 Å². The predicted octanol–water partition coefficient (Wildman–Crippen LogP) is 4.16. The molecular formula is C27H31N3O2. The van der Waals surface area contributed by atoms with E-state index in [4.69, 9.17) is 4.74 Å². The van der Waals surface area contributed by atoms with E-state index in [1.54, 1.807) is 0 Å². The van der Waals surface area contributed by atoms with Crippen molar-refractivity contribution >= 4 is 16.7 Å². The van der Waals surface area contributed by atoms with Gasteiger partial charge in [0.2, 0.25) is 0 Å². The molecule has 166 valence electrons. The summed E-state index contributed by atoms with van der Waals surface area (Å²) in [5.74, 6) is 0.416. The molecule has 5 heteroatoms. The molecule has 32 heavy (non-hydrogen) atoms. The van der Waals surface area contributed by atoms with E-state index < -0.39 is 0 Å². The number of aromatic nitrogens is 1. The zero-order valence-corrected chi connectivity index (χ0v) is 18.6. The summed E-state index contributed by atoms with van der Waals surface area (Å²) in [6, 6.07) is 16.7. The highest BCUT2D eigenvalue weighted by molar-refractivity contribution is 5.95. The molecule has 2 aliphatic rings. The second-order valence-electron chi connectivity index (χ2n) is 9.09. The Morgan fingerprint density at radius 1 is 1.03 bits per heavy atom. The first-order valence-electron chi connectivity index (χ1n) is 11.8. The normalized spacial score (nSPS) is 19.9. The predicted molar refractivity (Wildman–Crippen MR) is 127 cm³/mol. The van der Waals surface area contributed by atoms with Gasteiger partial charge in [0, 0.05) is 48.9 Å². The van der Waals surface area contributed by atoms with Crippen molar-refractivity contribution in [3.8, 4) is 0 Å². The molecule has 3 heterocycles. The van der Waals surface area contributed by atoms with Gasteiger partial charge in [-0.25, -0.2) is 0 Å². The van der Waals surface area contributed by atoms with Gasteiger partial charge in [-0.15, -0.1) is 0 Å². The fourth-order valence-corrected chi connectivity index (χ4v) is 5.00. The van der Waals surface area contributed by atoms with Crippen LogP contribution in [-0.2, 0) is 17.7 Å². The van der Waals surface area contributed by atoms with Crippen LogP contribution in [-0.4, -0.2) is 60.1 Å². The summed E-state index contributed by atoms with van der Waals surface area (Å²) in [7, 11) is 0. The van der Waals surface area contributed by atoms with Crippen molar-refractivity contribution in [2.75, 3.05) is 39.4 Å². The van der Waals surface area contributed by atoms with Gasteiger partial charge in [0.25, 0.3) is 5.91 Å². The number of carbonyl (C=O) groups excluding carboxylic acids is 1. The fourth-order valence-electron chi connectivity index (χ4n) is 5.00. The molecule has 2 saturated heterocycles. The Labute approximate surface area is 190 Å². The number of ether oxygens (including phenoxy) is 1. The number of rotatable bonds is 5. The van der Waals surface area contributed by atoms with Gasteiger partial charge >= 0.3 is 0 Å². The zero-order valence-electron chi connectivity index (χ0n) is 18.6. The molecule has 5 nitrogen and oxygen atoms in total. The van der Waals surface area contributed by atoms with Crippen LogP contribution in [0.5, 0.6) is 0 Å². The van der Waals surface area contributed by atoms with Crippen LogP contribution in [0.2, 0.25) is 0 Å². The van der Waals surface area contributed by atoms with E-state index in [1.807, 2.05) is 41.6 Å². The van der Waals surface area contributed by atoms with E-state index in [1.165, 1.54) is 23.8 Å². The van der Waals surface area contributed by atoms with Crippen LogP contribution in [0.3, 0.4) is 0 Å². The highest BCUT2D eigenvalue weighted by Gasteiger charge is 2.26. The van der Waals surface area contributed by atoms with Crippen LogP contribution in [0.15, 0.2) is 60.9 Å². The average molecular weight is 430 g/mol. The molecule has 2 aromatic carbocycles. The van der Waals surface area contributed by atoms with Crippen molar-refractivity contribution in [1.29, 1.82) is 0 Å². The third-order valence-corrected chi connectivity index (χ3v) is 6.69. The number of hydrogen-bond acceptors (Lipinski definition) is 4. The van der Waals surface area contributed by atoms with Crippen molar-refractivity contribution in [2.24, 2.45) is 5.92 Å². The van der Waals surface area contributed by atoms with E-state index >= 15 is 0 Å². The molecule has 1 amide bonds. The Morgan fingerprint density at radius 3 is 2.81 bits per heavy atom. The Bertz CT molecular complexity index is 1080. The van der Waals surface area contributed by atoms with Gasteiger partial charge in [-0.2, -0.15) is 0 Å². The summed E-state index contributed by atoms with van der Waals surface area (Å²) in [5, 5.41) is 2.36. The smallest absolute Gasteiger partial charge is 0.254 e. The molecule has 0 N–H and O–H groups in total. The Balaban J connectivity index is 1.31. The van der Waals surface area contributed by atoms with Crippen LogP contribution in [0, 0.1) is 5.92 Å². The first-order valence-corrected chi connectivity index (χ1v) is 11.8. The summed E-state index contributed by atoms with van der Waals surface area (Å²) < 4.78 is 5.91. The van der Waals surface area contributed by atoms with Gasteiger partial charge < -0.3 is 9.64 Å². The first kappa shape index (κ1) is 21.1. The number of pyridine rings is 1. The summed E-state index contributed by atoms with van der Waals surface area (Å²) in [6.45, 7) is 5.77. The van der Waals surface area contributed by atoms with Crippen molar-refractivity contribution in [1.82, 2.24) is 14.8 Å². The quantitative estimate of drug-likeness (QED) is 0.611. The summed E-state index contributed by atoms with van der Waals surface area (Å²) in [6.07, 6.45) is 7.14. The lowest BCUT2D eigenvalue weighted by Gasteiger charge is -2.25. The van der Waals surface area contributed by atoms with Gasteiger partial charge in [0.05, 0.1) is 13.2 Å². The fraction of sp³-hybridized carbons (Fsp3) is 0.407. The number of hydrogen-bond donors (Lipinski definition) is 0. The Kier molecular flexibility index (Phi) is 6.46. The van der Waals surface area contributed by atoms with Crippen LogP contribution in [0.4, 0.5) is 0 Å². The first-order chi connectivity index (χ1) is 15.8. The number of carbonyl (C=O) groups is 1. The lowest BCUT2D eigenvalue weighted by atomic mass is 9.97. The molecule has 2 aliphatic heterocycles. The summed E-state index contributed by atoms with van der Waals surface area (Å²) >= 11 is 0. The molecule has 2 fully saturated rings. The van der Waals surface area contributed by atoms with Crippen LogP contribution < -0.4 is 0 Å². The van der Waals surface area contributed by atoms with Crippen molar-refractivity contribution in [3.63, 3.8) is 0 Å². The lowest BCUT2D eigenvalue weighted by molar-refractivity contribution is 0.0735. The maximum Gasteiger partial charge on any atom is 0.254 e. The van der Waals surface area contributed by atoms with E-state index in [9.17, 15) is 4.79 Å². The van der Waals surface area contributed by atoms with Crippen LogP contribution in [0.25, 0.3) is 10.8 Å². The maximum absolute atomic E-state index is 13.6. The van der Waals surface area contributed by atoms with Crippen molar-refractivity contribution in [2.45, 2.75) is 25.8 Å². The molecule has 0 unspecified atom stereocenters. The van der Waals surface area contributed by atoms with Crippen molar-refractivity contribution < 1.29 is 9.53 Å². The molecule has 1 aromatic heterocycles. The third kappa shape index (κ3) is 4.84. The minimum Gasteiger partial charge on any atom is -0.379 e. The number of likely N-dealkylation sites (tertiary alicyclic amines) is 1. The second-order valence-corrected chi connectivity index (χ2v) is 9.09. The van der Waals surface area contributed by atoms with Gasteiger partial charge in [-0.1, -0.05) is 30.3 Å². The zero-order chi connectivity index (χ0) is 21.8. The SMILES string of the molecule is O=C(c1ccccc1CN1CCCC1)N1CCOC[C@@H](Cc2ccc3ccncc3c2)C1. The molecular weight excluding hydrogens is 398 g/mol. The standard InChI is InChI=1S/C27H31N3O2/c31-27(26-6-2-1-5-24(26)19-29-11-3-4-12-29)30-13-14-32-20-22(18-30)15-21-7-8-23-9-10-28-17-25(23)16-21/h1-2,5-10,16-17,22H,3-4,11-15,18-20H2/t22-/m0/s1. The monoisotopic (exact) mass is 429 g/mol. The van der Waals surface area contributed by atoms with Gasteiger partial charge in [-0.05, 0) is 67.1 Å². The van der Waals surface area contributed by atoms with Gasteiger partial charge in [0.1, 0.15) is 0 Å². The lowest BCUT2D eigenvalue weighted by Crippen LogP contribution is -2.37. The number of amides is 1. The molecule has 5 rings (SSSR count). The summed E-state index contributed by atoms with van der Waals surface area (Å²) in [5.41, 5.74) is 3.25. The van der Waals surface area contributed by atoms with Crippen LogP contribution in [0.1, 0.15) is 34.3 Å². The number of benzene rings is 2. The molecule has 3 aromatic rings. The Hall–Kier alpha value is -2.76. The highest BCUT2D eigenvalue weighted by atomic mass is 16.5. The van der Waals surface area contributed by atoms with Crippen LogP contribution >= 0.6 is 0 Å². The molecule has 0 aliphatic carbocycles. The Morgan fingerprint density at radius 2 is 1.91 bits per heavy atom. The molecule has 0 radical (unpaired) electrons. The number of fused-ring (bicyclic) bond motifs is 1. The van der Waals surface area contributed by atoms with E-state index in [2.05, 4.69) is 34.1 Å². The molecule has 0 saturated carbocycles. The largest absolute Gasteiger partial charge is 0.379 e. The second kappa shape index (κ2) is 9.80. The highest BCUT2D eigenvalue weighted by Crippen LogP contribution is 2.22. The average Bonchev–Trinajstić information content (AvgIpc) is 3.23. The summed E-state index contributed by atoms with van der Waals surface area (Å²) in [4.78, 5) is 22.3. The minimum absolute atomic E-state index is 0.137. The maximum atomic E-state index is 13.6. The van der Waals surface area contributed by atoms with E-state index in [-0.39, 0.29) is 11.8 Å². The number of nitrogens with zero attached hydrogens (tertiary/aromatic N) is 3. The topological polar surface area (TPSA) is 45.7 Å².